The Bertz CT molecular complexity index is 262. The third-order valence-corrected chi connectivity index (χ3v) is 3.51. The minimum absolute atomic E-state index is 0.650. The summed E-state index contributed by atoms with van der Waals surface area (Å²) in [7, 11) is 0. The van der Waals surface area contributed by atoms with Crippen molar-refractivity contribution >= 4 is 0 Å². The minimum atomic E-state index is 0.650. The molecule has 1 aromatic rings. The number of pyridine rings is 1. The molecule has 0 amide bonds. The topological polar surface area (TPSA) is 12.9 Å². The zero-order valence-electron chi connectivity index (χ0n) is 8.95. The van der Waals surface area contributed by atoms with Crippen LogP contribution in [0, 0.1) is 5.92 Å². The Morgan fingerprint density at radius 1 is 1.21 bits per heavy atom. The van der Waals surface area contributed by atoms with Crippen molar-refractivity contribution < 1.29 is 0 Å². The maximum Gasteiger partial charge on any atom is 0.0434 e. The highest BCUT2D eigenvalue weighted by Crippen LogP contribution is 2.34. The summed E-state index contributed by atoms with van der Waals surface area (Å²) in [6.45, 7) is 2.33. The molecule has 0 unspecified atom stereocenters. The molecule has 0 saturated heterocycles. The van der Waals surface area contributed by atoms with Crippen molar-refractivity contribution in [2.75, 3.05) is 0 Å². The van der Waals surface area contributed by atoms with Crippen LogP contribution in [0.4, 0.5) is 0 Å². The lowest BCUT2D eigenvalue weighted by molar-refractivity contribution is 0.313. The zero-order chi connectivity index (χ0) is 9.80. The lowest BCUT2D eigenvalue weighted by Crippen LogP contribution is -2.14. The Morgan fingerprint density at radius 2 is 2.00 bits per heavy atom. The lowest BCUT2D eigenvalue weighted by Gasteiger charge is -2.27. The van der Waals surface area contributed by atoms with Crippen molar-refractivity contribution in [3.05, 3.63) is 30.1 Å². The summed E-state index contributed by atoms with van der Waals surface area (Å²) in [5, 5.41) is 0. The molecule has 1 aliphatic rings. The third-order valence-electron chi connectivity index (χ3n) is 3.51. The van der Waals surface area contributed by atoms with Gasteiger partial charge in [0, 0.05) is 17.8 Å². The second kappa shape index (κ2) is 4.59. The molecule has 1 heteroatoms. The fourth-order valence-corrected chi connectivity index (χ4v) is 2.52. The molecular formula is C13H19N. The highest BCUT2D eigenvalue weighted by molar-refractivity contribution is 5.09. The Balaban J connectivity index is 2.03. The summed E-state index contributed by atoms with van der Waals surface area (Å²) >= 11 is 0. The molecule has 1 atom stereocenters. The van der Waals surface area contributed by atoms with Crippen LogP contribution < -0.4 is 0 Å². The normalized spacial score (nSPS) is 20.6. The van der Waals surface area contributed by atoms with E-state index in [1.54, 1.807) is 0 Å². The van der Waals surface area contributed by atoms with Crippen molar-refractivity contribution in [2.45, 2.75) is 44.9 Å². The second-order valence-corrected chi connectivity index (χ2v) is 4.44. The molecule has 0 radical (unpaired) electrons. The summed E-state index contributed by atoms with van der Waals surface area (Å²) in [5.74, 6) is 1.52. The van der Waals surface area contributed by atoms with Crippen molar-refractivity contribution in [1.29, 1.82) is 0 Å². The predicted octanol–water partition coefficient (Wildman–Crippen LogP) is 3.77. The zero-order valence-corrected chi connectivity index (χ0v) is 8.95. The van der Waals surface area contributed by atoms with Gasteiger partial charge in [0.25, 0.3) is 0 Å². The molecule has 1 fully saturated rings. The maximum absolute atomic E-state index is 4.45. The number of nitrogens with zero attached hydrogens (tertiary/aromatic N) is 1. The minimum Gasteiger partial charge on any atom is -0.261 e. The van der Waals surface area contributed by atoms with E-state index < -0.39 is 0 Å². The monoisotopic (exact) mass is 189 g/mol. The highest BCUT2D eigenvalue weighted by Gasteiger charge is 2.21. The Hall–Kier alpha value is -0.850. The molecule has 1 heterocycles. The molecule has 0 aromatic carbocycles. The first-order valence-corrected chi connectivity index (χ1v) is 5.79. The standard InChI is InChI=1S/C13H19N/c1-11(12-7-3-2-4-8-12)13-9-5-6-10-14-13/h5-6,9-12H,2-4,7-8H2,1H3/t11-/m0/s1. The average molecular weight is 189 g/mol. The van der Waals surface area contributed by atoms with Crippen LogP contribution in [-0.2, 0) is 0 Å². The van der Waals surface area contributed by atoms with E-state index in [0.29, 0.717) is 5.92 Å². The first-order chi connectivity index (χ1) is 6.88. The van der Waals surface area contributed by atoms with Crippen molar-refractivity contribution in [2.24, 2.45) is 5.92 Å². The predicted molar refractivity (Wildman–Crippen MR) is 59.2 cm³/mol. The fourth-order valence-electron chi connectivity index (χ4n) is 2.52. The van der Waals surface area contributed by atoms with E-state index in [-0.39, 0.29) is 0 Å². The van der Waals surface area contributed by atoms with Gasteiger partial charge in [-0.2, -0.15) is 0 Å². The molecule has 0 bridgehead atoms. The van der Waals surface area contributed by atoms with Crippen LogP contribution in [-0.4, -0.2) is 4.98 Å². The quantitative estimate of drug-likeness (QED) is 0.690. The maximum atomic E-state index is 4.45. The molecular weight excluding hydrogens is 170 g/mol. The van der Waals surface area contributed by atoms with Gasteiger partial charge in [-0.1, -0.05) is 32.3 Å². The molecule has 0 spiro atoms. The van der Waals surface area contributed by atoms with Crippen LogP contribution in [0.1, 0.15) is 50.6 Å². The van der Waals surface area contributed by atoms with Gasteiger partial charge < -0.3 is 0 Å². The van der Waals surface area contributed by atoms with Crippen LogP contribution in [0.15, 0.2) is 24.4 Å². The molecule has 1 saturated carbocycles. The van der Waals surface area contributed by atoms with E-state index in [1.165, 1.54) is 37.8 Å². The van der Waals surface area contributed by atoms with Gasteiger partial charge in [-0.15, -0.1) is 0 Å². The van der Waals surface area contributed by atoms with Gasteiger partial charge in [-0.25, -0.2) is 0 Å². The lowest BCUT2D eigenvalue weighted by atomic mass is 9.79. The molecule has 1 nitrogen and oxygen atoms in total. The Kier molecular flexibility index (Phi) is 3.18. The SMILES string of the molecule is C[C@H](c1ccccn1)C1CCCCC1. The molecule has 0 N–H and O–H groups in total. The number of rotatable bonds is 2. The van der Waals surface area contributed by atoms with Crippen molar-refractivity contribution in [1.82, 2.24) is 4.98 Å². The fraction of sp³-hybridized carbons (Fsp3) is 0.615. The van der Waals surface area contributed by atoms with Gasteiger partial charge in [-0.05, 0) is 30.9 Å². The summed E-state index contributed by atoms with van der Waals surface area (Å²) in [4.78, 5) is 4.45. The van der Waals surface area contributed by atoms with E-state index in [2.05, 4.69) is 24.0 Å². The molecule has 1 aliphatic carbocycles. The number of hydrogen-bond donors (Lipinski definition) is 0. The summed E-state index contributed by atoms with van der Waals surface area (Å²) < 4.78 is 0. The highest BCUT2D eigenvalue weighted by atomic mass is 14.7. The first kappa shape index (κ1) is 9.70. The smallest absolute Gasteiger partial charge is 0.0434 e. The van der Waals surface area contributed by atoms with Crippen molar-refractivity contribution in [3.63, 3.8) is 0 Å². The van der Waals surface area contributed by atoms with E-state index in [4.69, 9.17) is 0 Å². The molecule has 2 rings (SSSR count). The largest absolute Gasteiger partial charge is 0.261 e. The van der Waals surface area contributed by atoms with Gasteiger partial charge in [0.2, 0.25) is 0 Å². The van der Waals surface area contributed by atoms with Crippen LogP contribution >= 0.6 is 0 Å². The summed E-state index contributed by atoms with van der Waals surface area (Å²) in [5.41, 5.74) is 1.28. The Morgan fingerprint density at radius 3 is 2.64 bits per heavy atom. The van der Waals surface area contributed by atoms with Gasteiger partial charge in [0.05, 0.1) is 0 Å². The molecule has 76 valence electrons. The number of hydrogen-bond acceptors (Lipinski definition) is 1. The molecule has 1 aromatic heterocycles. The summed E-state index contributed by atoms with van der Waals surface area (Å²) in [6, 6.07) is 6.26. The third kappa shape index (κ3) is 2.14. The Labute approximate surface area is 86.6 Å². The van der Waals surface area contributed by atoms with E-state index in [1.807, 2.05) is 12.3 Å². The molecule has 0 aliphatic heterocycles. The van der Waals surface area contributed by atoms with Gasteiger partial charge in [-0.3, -0.25) is 4.98 Å². The van der Waals surface area contributed by atoms with Gasteiger partial charge >= 0.3 is 0 Å². The number of aromatic nitrogens is 1. The van der Waals surface area contributed by atoms with Gasteiger partial charge in [0.15, 0.2) is 0 Å². The van der Waals surface area contributed by atoms with E-state index in [0.717, 1.165) is 5.92 Å². The van der Waals surface area contributed by atoms with Crippen LogP contribution in [0.3, 0.4) is 0 Å². The molecule has 14 heavy (non-hydrogen) atoms. The van der Waals surface area contributed by atoms with E-state index in [9.17, 15) is 0 Å². The van der Waals surface area contributed by atoms with Crippen LogP contribution in [0.25, 0.3) is 0 Å². The van der Waals surface area contributed by atoms with Crippen molar-refractivity contribution in [3.8, 4) is 0 Å². The first-order valence-electron chi connectivity index (χ1n) is 5.79. The van der Waals surface area contributed by atoms with E-state index >= 15 is 0 Å². The second-order valence-electron chi connectivity index (χ2n) is 4.44. The average Bonchev–Trinajstić information content (AvgIpc) is 2.30. The summed E-state index contributed by atoms with van der Waals surface area (Å²) in [6.07, 6.45) is 8.99. The van der Waals surface area contributed by atoms with Gasteiger partial charge in [0.1, 0.15) is 0 Å². The van der Waals surface area contributed by atoms with Crippen LogP contribution in [0.5, 0.6) is 0 Å². The van der Waals surface area contributed by atoms with Crippen LogP contribution in [0.2, 0.25) is 0 Å².